The maximum atomic E-state index is 6.13. The van der Waals surface area contributed by atoms with Crippen LogP contribution in [0.15, 0.2) is 4.99 Å². The summed E-state index contributed by atoms with van der Waals surface area (Å²) in [6, 6.07) is 0.764. The monoisotopic (exact) mass is 410 g/mol. The van der Waals surface area contributed by atoms with Crippen LogP contribution in [0.3, 0.4) is 0 Å². The van der Waals surface area contributed by atoms with Gasteiger partial charge in [0.25, 0.3) is 0 Å². The molecule has 2 rings (SSSR count). The normalized spacial score (nSPS) is 20.3. The third kappa shape index (κ3) is 7.15. The first-order chi connectivity index (χ1) is 9.81. The summed E-state index contributed by atoms with van der Waals surface area (Å²) in [5, 5.41) is 0. The molecule has 1 aliphatic heterocycles. The largest absolute Gasteiger partial charge is 0.383 e. The molecule has 0 spiro atoms. The van der Waals surface area contributed by atoms with Crippen molar-refractivity contribution in [3.8, 4) is 0 Å². The lowest BCUT2D eigenvalue weighted by Crippen LogP contribution is -2.39. The summed E-state index contributed by atoms with van der Waals surface area (Å²) in [5.41, 5.74) is 6.13. The van der Waals surface area contributed by atoms with Crippen molar-refractivity contribution >= 4 is 29.9 Å². The van der Waals surface area contributed by atoms with Gasteiger partial charge in [-0.25, -0.2) is 0 Å². The quantitative estimate of drug-likeness (QED) is 0.396. The van der Waals surface area contributed by atoms with Crippen LogP contribution in [0.25, 0.3) is 0 Å². The predicted molar refractivity (Wildman–Crippen MR) is 98.4 cm³/mol. The van der Waals surface area contributed by atoms with Gasteiger partial charge in [-0.3, -0.25) is 9.89 Å². The van der Waals surface area contributed by atoms with Crippen molar-refractivity contribution in [3.63, 3.8) is 0 Å². The summed E-state index contributed by atoms with van der Waals surface area (Å²) in [6.45, 7) is 5.78. The first-order valence-corrected chi connectivity index (χ1v) is 8.09. The predicted octanol–water partition coefficient (Wildman–Crippen LogP) is 1.91. The van der Waals surface area contributed by atoms with Gasteiger partial charge >= 0.3 is 0 Å². The second kappa shape index (κ2) is 10.6. The van der Waals surface area contributed by atoms with Gasteiger partial charge in [0.2, 0.25) is 0 Å². The van der Waals surface area contributed by atoms with Crippen molar-refractivity contribution in [1.29, 1.82) is 0 Å². The highest BCUT2D eigenvalue weighted by molar-refractivity contribution is 14.0. The number of guanidine groups is 1. The lowest BCUT2D eigenvalue weighted by atomic mass is 10.2. The Labute approximate surface area is 146 Å². The summed E-state index contributed by atoms with van der Waals surface area (Å²) >= 11 is 0. The summed E-state index contributed by atoms with van der Waals surface area (Å²) in [5.74, 6) is 0.745. The molecule has 0 aromatic carbocycles. The molecule has 0 bridgehead atoms. The standard InChI is InChI=1S/C15H30N4O.HI/c1-20-13-12-18(14-6-7-14)11-8-17-15(16)19-9-4-2-3-5-10-19;/h14H,2-13H2,1H3,(H2,16,17);1H. The van der Waals surface area contributed by atoms with Gasteiger partial charge in [-0.15, -0.1) is 24.0 Å². The molecule has 0 aromatic heterocycles. The van der Waals surface area contributed by atoms with Crippen molar-refractivity contribution in [3.05, 3.63) is 0 Å². The van der Waals surface area contributed by atoms with Crippen LogP contribution in [-0.2, 0) is 4.74 Å². The Morgan fingerprint density at radius 2 is 1.86 bits per heavy atom. The molecule has 6 heteroatoms. The van der Waals surface area contributed by atoms with E-state index in [-0.39, 0.29) is 24.0 Å². The van der Waals surface area contributed by atoms with Crippen LogP contribution in [0, 0.1) is 0 Å². The summed E-state index contributed by atoms with van der Waals surface area (Å²) < 4.78 is 5.18. The number of hydrogen-bond acceptors (Lipinski definition) is 3. The number of likely N-dealkylation sites (tertiary alicyclic amines) is 1. The van der Waals surface area contributed by atoms with E-state index in [0.717, 1.165) is 51.3 Å². The number of rotatable bonds is 7. The van der Waals surface area contributed by atoms with E-state index in [0.29, 0.717) is 0 Å². The summed E-state index contributed by atoms with van der Waals surface area (Å²) in [6.07, 6.45) is 7.81. The molecule has 5 nitrogen and oxygen atoms in total. The van der Waals surface area contributed by atoms with Crippen molar-refractivity contribution < 1.29 is 4.74 Å². The van der Waals surface area contributed by atoms with Crippen LogP contribution < -0.4 is 5.73 Å². The molecular formula is C15H31IN4O. The number of halogens is 1. The molecule has 0 atom stereocenters. The molecule has 1 heterocycles. The summed E-state index contributed by atoms with van der Waals surface area (Å²) in [7, 11) is 1.76. The van der Waals surface area contributed by atoms with E-state index in [9.17, 15) is 0 Å². The van der Waals surface area contributed by atoms with Crippen molar-refractivity contribution in [2.75, 3.05) is 46.4 Å². The maximum absolute atomic E-state index is 6.13. The highest BCUT2D eigenvalue weighted by Crippen LogP contribution is 2.26. The molecule has 0 radical (unpaired) electrons. The van der Waals surface area contributed by atoms with E-state index in [2.05, 4.69) is 14.8 Å². The maximum Gasteiger partial charge on any atom is 0.191 e. The van der Waals surface area contributed by atoms with Crippen molar-refractivity contribution in [2.45, 2.75) is 44.6 Å². The Morgan fingerprint density at radius 1 is 1.19 bits per heavy atom. The molecule has 2 fully saturated rings. The Hall–Kier alpha value is -0.0800. The molecule has 1 aliphatic carbocycles. The number of aliphatic imine (C=N–C) groups is 1. The topological polar surface area (TPSA) is 54.1 Å². The average Bonchev–Trinajstić information content (AvgIpc) is 3.28. The molecule has 124 valence electrons. The molecule has 1 saturated carbocycles. The van der Waals surface area contributed by atoms with Gasteiger partial charge in [0.1, 0.15) is 0 Å². The molecule has 2 aliphatic rings. The highest BCUT2D eigenvalue weighted by Gasteiger charge is 2.28. The fraction of sp³-hybridized carbons (Fsp3) is 0.933. The number of methoxy groups -OCH3 is 1. The fourth-order valence-electron chi connectivity index (χ4n) is 2.82. The van der Waals surface area contributed by atoms with E-state index >= 15 is 0 Å². The Morgan fingerprint density at radius 3 is 2.43 bits per heavy atom. The van der Waals surface area contributed by atoms with Gasteiger partial charge in [-0.05, 0) is 25.7 Å². The van der Waals surface area contributed by atoms with E-state index in [1.807, 2.05) is 0 Å². The van der Waals surface area contributed by atoms with Gasteiger partial charge in [-0.2, -0.15) is 0 Å². The molecule has 2 N–H and O–H groups in total. The minimum Gasteiger partial charge on any atom is -0.383 e. The zero-order valence-electron chi connectivity index (χ0n) is 13.3. The molecule has 0 amide bonds. The van der Waals surface area contributed by atoms with Crippen LogP contribution in [0.5, 0.6) is 0 Å². The highest BCUT2D eigenvalue weighted by atomic mass is 127. The number of nitrogens with two attached hydrogens (primary N) is 1. The molecule has 1 saturated heterocycles. The number of hydrogen-bond donors (Lipinski definition) is 1. The lowest BCUT2D eigenvalue weighted by Gasteiger charge is -2.23. The lowest BCUT2D eigenvalue weighted by molar-refractivity contribution is 0.145. The average molecular weight is 410 g/mol. The zero-order valence-corrected chi connectivity index (χ0v) is 15.6. The molecule has 0 unspecified atom stereocenters. The SMILES string of the molecule is COCCN(CCN=C(N)N1CCCCCC1)C1CC1.I. The summed E-state index contributed by atoms with van der Waals surface area (Å²) in [4.78, 5) is 9.33. The van der Waals surface area contributed by atoms with E-state index in [1.54, 1.807) is 7.11 Å². The van der Waals surface area contributed by atoms with Crippen LogP contribution in [-0.4, -0.2) is 68.2 Å². The Bertz CT molecular complexity index is 302. The van der Waals surface area contributed by atoms with Gasteiger partial charge in [0.05, 0.1) is 13.2 Å². The minimum atomic E-state index is 0. The molecular weight excluding hydrogens is 379 g/mol. The van der Waals surface area contributed by atoms with Crippen molar-refractivity contribution in [2.24, 2.45) is 10.7 Å². The number of nitrogens with zero attached hydrogens (tertiary/aromatic N) is 3. The van der Waals surface area contributed by atoms with Crippen LogP contribution in [0.1, 0.15) is 38.5 Å². The molecule has 21 heavy (non-hydrogen) atoms. The zero-order chi connectivity index (χ0) is 14.2. The van der Waals surface area contributed by atoms with Crippen molar-refractivity contribution in [1.82, 2.24) is 9.80 Å². The van der Waals surface area contributed by atoms with Gasteiger partial charge in [0, 0.05) is 39.3 Å². The third-order valence-electron chi connectivity index (χ3n) is 4.24. The van der Waals surface area contributed by atoms with Gasteiger partial charge in [0.15, 0.2) is 5.96 Å². The van der Waals surface area contributed by atoms with Crippen LogP contribution in [0.2, 0.25) is 0 Å². The first kappa shape index (κ1) is 19.0. The first-order valence-electron chi connectivity index (χ1n) is 8.09. The van der Waals surface area contributed by atoms with E-state index < -0.39 is 0 Å². The second-order valence-corrected chi connectivity index (χ2v) is 5.90. The van der Waals surface area contributed by atoms with Gasteiger partial charge < -0.3 is 15.4 Å². The smallest absolute Gasteiger partial charge is 0.191 e. The van der Waals surface area contributed by atoms with Crippen LogP contribution in [0.4, 0.5) is 0 Å². The molecule has 0 aromatic rings. The van der Waals surface area contributed by atoms with Gasteiger partial charge in [-0.1, -0.05) is 12.8 Å². The van der Waals surface area contributed by atoms with E-state index in [4.69, 9.17) is 10.5 Å². The fourth-order valence-corrected chi connectivity index (χ4v) is 2.82. The minimum absolute atomic E-state index is 0. The number of ether oxygens (including phenoxy) is 1. The van der Waals surface area contributed by atoms with Crippen LogP contribution >= 0.6 is 24.0 Å². The van der Waals surface area contributed by atoms with E-state index in [1.165, 1.54) is 38.5 Å². The second-order valence-electron chi connectivity index (χ2n) is 5.90. The Balaban J connectivity index is 0.00000220. The third-order valence-corrected chi connectivity index (χ3v) is 4.24. The Kier molecular flexibility index (Phi) is 9.59.